The molecule has 3 aromatic rings. The van der Waals surface area contributed by atoms with E-state index in [2.05, 4.69) is 25.1 Å². The van der Waals surface area contributed by atoms with Gasteiger partial charge < -0.3 is 4.74 Å². The first-order valence-electron chi connectivity index (χ1n) is 9.21. The summed E-state index contributed by atoms with van der Waals surface area (Å²) in [6.07, 6.45) is 1.87. The van der Waals surface area contributed by atoms with Crippen LogP contribution in [0.1, 0.15) is 16.7 Å². The van der Waals surface area contributed by atoms with Gasteiger partial charge in [0.15, 0.2) is 4.32 Å². The third-order valence-electron chi connectivity index (χ3n) is 4.47. The molecule has 0 radical (unpaired) electrons. The highest BCUT2D eigenvalue weighted by Gasteiger charge is 2.33. The number of ether oxygens (including phenoxy) is 1. The Kier molecular flexibility index (Phi) is 5.79. The van der Waals surface area contributed by atoms with Gasteiger partial charge in [0.1, 0.15) is 12.4 Å². The molecule has 4 rings (SSSR count). The zero-order chi connectivity index (χ0) is 20.2. The molecule has 1 heterocycles. The van der Waals surface area contributed by atoms with Crippen LogP contribution in [0.25, 0.3) is 6.08 Å². The van der Waals surface area contributed by atoms with Crippen molar-refractivity contribution in [3.63, 3.8) is 0 Å². The highest BCUT2D eigenvalue weighted by Crippen LogP contribution is 2.36. The number of thioether (sulfide) groups is 1. The van der Waals surface area contributed by atoms with Gasteiger partial charge in [-0.05, 0) is 48.4 Å². The molecule has 0 aromatic heterocycles. The number of thiocarbonyl (C=S) groups is 1. The molecule has 1 amide bonds. The molecule has 1 saturated heterocycles. The van der Waals surface area contributed by atoms with Gasteiger partial charge in [-0.15, -0.1) is 0 Å². The number of para-hydroxylation sites is 1. The Morgan fingerprint density at radius 2 is 1.76 bits per heavy atom. The summed E-state index contributed by atoms with van der Waals surface area (Å²) >= 11 is 6.73. The smallest absolute Gasteiger partial charge is 0.270 e. The molecular formula is C24H19NO2S2. The van der Waals surface area contributed by atoms with Crippen LogP contribution >= 0.6 is 24.0 Å². The zero-order valence-electron chi connectivity index (χ0n) is 15.9. The maximum absolute atomic E-state index is 12.8. The molecule has 0 unspecified atom stereocenters. The van der Waals surface area contributed by atoms with Crippen LogP contribution < -0.4 is 9.64 Å². The van der Waals surface area contributed by atoms with E-state index in [-0.39, 0.29) is 5.91 Å². The lowest BCUT2D eigenvalue weighted by Crippen LogP contribution is -2.27. The second-order valence-electron chi connectivity index (χ2n) is 6.70. The van der Waals surface area contributed by atoms with Crippen molar-refractivity contribution < 1.29 is 9.53 Å². The molecule has 1 fully saturated rings. The Balaban J connectivity index is 1.45. The molecule has 1 aliphatic heterocycles. The fraction of sp³-hybridized carbons (Fsp3) is 0.0833. The minimum Gasteiger partial charge on any atom is -0.489 e. The Bertz CT molecular complexity index is 1080. The summed E-state index contributed by atoms with van der Waals surface area (Å²) in [5.41, 5.74) is 4.08. The lowest BCUT2D eigenvalue weighted by molar-refractivity contribution is -0.113. The van der Waals surface area contributed by atoms with E-state index >= 15 is 0 Å². The largest absolute Gasteiger partial charge is 0.489 e. The van der Waals surface area contributed by atoms with E-state index < -0.39 is 0 Å². The number of benzene rings is 3. The number of carbonyl (C=O) groups is 1. The minimum atomic E-state index is -0.0917. The number of nitrogens with zero attached hydrogens (tertiary/aromatic N) is 1. The minimum absolute atomic E-state index is 0.0917. The van der Waals surface area contributed by atoms with Gasteiger partial charge in [0, 0.05) is 0 Å². The average Bonchev–Trinajstić information content (AvgIpc) is 3.01. The van der Waals surface area contributed by atoms with Gasteiger partial charge in [0.2, 0.25) is 0 Å². The molecule has 1 aliphatic rings. The van der Waals surface area contributed by atoms with Crippen molar-refractivity contribution >= 4 is 46.0 Å². The van der Waals surface area contributed by atoms with Crippen molar-refractivity contribution in [3.05, 3.63) is 100 Å². The number of carbonyl (C=O) groups excluding carboxylic acids is 1. The molecule has 5 heteroatoms. The van der Waals surface area contributed by atoms with Crippen LogP contribution in [0.5, 0.6) is 5.75 Å². The maximum atomic E-state index is 12.8. The molecule has 0 aliphatic carbocycles. The van der Waals surface area contributed by atoms with Crippen LogP contribution in [0.3, 0.4) is 0 Å². The van der Waals surface area contributed by atoms with Gasteiger partial charge in [-0.2, -0.15) is 0 Å². The summed E-state index contributed by atoms with van der Waals surface area (Å²) in [4.78, 5) is 15.0. The lowest BCUT2D eigenvalue weighted by atomic mass is 10.1. The molecule has 29 heavy (non-hydrogen) atoms. The van der Waals surface area contributed by atoms with Crippen molar-refractivity contribution in [3.8, 4) is 5.75 Å². The van der Waals surface area contributed by atoms with Gasteiger partial charge in [-0.25, -0.2) is 0 Å². The first-order valence-corrected chi connectivity index (χ1v) is 10.4. The third-order valence-corrected chi connectivity index (χ3v) is 5.78. The SMILES string of the molecule is Cc1cccc(COc2ccc(C=C3SC(=S)N(c4ccccc4)C3=O)cc2)c1. The van der Waals surface area contributed by atoms with Crippen LogP contribution in [-0.4, -0.2) is 10.2 Å². The van der Waals surface area contributed by atoms with Crippen molar-refractivity contribution in [2.75, 3.05) is 4.90 Å². The van der Waals surface area contributed by atoms with E-state index in [4.69, 9.17) is 17.0 Å². The monoisotopic (exact) mass is 417 g/mol. The molecule has 3 aromatic carbocycles. The summed E-state index contributed by atoms with van der Waals surface area (Å²) in [6.45, 7) is 2.59. The Hall–Kier alpha value is -2.89. The van der Waals surface area contributed by atoms with Gasteiger partial charge in [-0.1, -0.05) is 84.1 Å². The van der Waals surface area contributed by atoms with Crippen LogP contribution in [0.4, 0.5) is 5.69 Å². The molecular weight excluding hydrogens is 398 g/mol. The number of rotatable bonds is 5. The number of hydrogen-bond donors (Lipinski definition) is 0. The summed E-state index contributed by atoms with van der Waals surface area (Å²) in [7, 11) is 0. The summed E-state index contributed by atoms with van der Waals surface area (Å²) in [5.74, 6) is 0.700. The van der Waals surface area contributed by atoms with Crippen molar-refractivity contribution in [1.82, 2.24) is 0 Å². The van der Waals surface area contributed by atoms with E-state index in [1.54, 1.807) is 4.90 Å². The highest BCUT2D eigenvalue weighted by atomic mass is 32.2. The molecule has 0 bridgehead atoms. The van der Waals surface area contributed by atoms with Crippen molar-refractivity contribution in [2.24, 2.45) is 0 Å². The topological polar surface area (TPSA) is 29.5 Å². The van der Waals surface area contributed by atoms with E-state index in [1.807, 2.05) is 66.7 Å². The van der Waals surface area contributed by atoms with Crippen molar-refractivity contribution in [2.45, 2.75) is 13.5 Å². The van der Waals surface area contributed by atoms with E-state index in [0.29, 0.717) is 15.8 Å². The molecule has 0 N–H and O–H groups in total. The highest BCUT2D eigenvalue weighted by molar-refractivity contribution is 8.27. The molecule has 0 saturated carbocycles. The maximum Gasteiger partial charge on any atom is 0.270 e. The predicted molar refractivity (Wildman–Crippen MR) is 124 cm³/mol. The molecule has 0 spiro atoms. The predicted octanol–water partition coefficient (Wildman–Crippen LogP) is 5.98. The Labute approximate surface area is 180 Å². The zero-order valence-corrected chi connectivity index (χ0v) is 17.5. The van der Waals surface area contributed by atoms with E-state index in [0.717, 1.165) is 22.6 Å². The number of hydrogen-bond acceptors (Lipinski definition) is 4. The quantitative estimate of drug-likeness (QED) is 0.377. The Morgan fingerprint density at radius 1 is 1.00 bits per heavy atom. The summed E-state index contributed by atoms with van der Waals surface area (Å²) < 4.78 is 6.41. The van der Waals surface area contributed by atoms with Gasteiger partial charge >= 0.3 is 0 Å². The molecule has 144 valence electrons. The van der Waals surface area contributed by atoms with Crippen LogP contribution in [0.2, 0.25) is 0 Å². The molecule has 0 atom stereocenters. The van der Waals surface area contributed by atoms with Gasteiger partial charge in [0.05, 0.1) is 10.6 Å². The van der Waals surface area contributed by atoms with Crippen LogP contribution in [0.15, 0.2) is 83.8 Å². The van der Waals surface area contributed by atoms with Crippen LogP contribution in [0, 0.1) is 6.92 Å². The first-order chi connectivity index (χ1) is 14.1. The first kappa shape index (κ1) is 19.4. The average molecular weight is 418 g/mol. The molecule has 3 nitrogen and oxygen atoms in total. The standard InChI is InChI=1S/C24H19NO2S2/c1-17-6-5-7-19(14-17)16-27-21-12-10-18(11-13-21)15-22-23(26)25(24(28)29-22)20-8-3-2-4-9-20/h2-15H,16H2,1H3. The normalized spacial score (nSPS) is 15.2. The summed E-state index contributed by atoms with van der Waals surface area (Å²) in [6, 6.07) is 25.5. The van der Waals surface area contributed by atoms with E-state index in [1.165, 1.54) is 17.3 Å². The lowest BCUT2D eigenvalue weighted by Gasteiger charge is -2.13. The van der Waals surface area contributed by atoms with Crippen molar-refractivity contribution in [1.29, 1.82) is 0 Å². The number of amides is 1. The fourth-order valence-corrected chi connectivity index (χ4v) is 4.35. The number of anilines is 1. The van der Waals surface area contributed by atoms with Gasteiger partial charge in [-0.3, -0.25) is 9.69 Å². The second kappa shape index (κ2) is 8.64. The number of aryl methyl sites for hydroxylation is 1. The second-order valence-corrected chi connectivity index (χ2v) is 8.38. The third kappa shape index (κ3) is 4.58. The van der Waals surface area contributed by atoms with Gasteiger partial charge in [0.25, 0.3) is 5.91 Å². The van der Waals surface area contributed by atoms with Crippen LogP contribution in [-0.2, 0) is 11.4 Å². The Morgan fingerprint density at radius 3 is 2.48 bits per heavy atom. The summed E-state index contributed by atoms with van der Waals surface area (Å²) in [5, 5.41) is 0. The van der Waals surface area contributed by atoms with E-state index in [9.17, 15) is 4.79 Å². The fourth-order valence-electron chi connectivity index (χ4n) is 3.05.